The molecule has 8 heteroatoms. The van der Waals surface area contributed by atoms with Crippen molar-refractivity contribution in [2.45, 2.75) is 18.9 Å². The summed E-state index contributed by atoms with van der Waals surface area (Å²) in [4.78, 5) is 12.7. The Hall–Kier alpha value is -2.28. The van der Waals surface area contributed by atoms with Gasteiger partial charge in [0.15, 0.2) is 11.5 Å². The van der Waals surface area contributed by atoms with Crippen LogP contribution < -0.4 is 11.1 Å². The quantitative estimate of drug-likeness (QED) is 0.653. The lowest BCUT2D eigenvalue weighted by atomic mass is 10.2. The van der Waals surface area contributed by atoms with Crippen LogP contribution in [-0.2, 0) is 0 Å². The van der Waals surface area contributed by atoms with E-state index in [1.54, 1.807) is 35.2 Å². The third-order valence-electron chi connectivity index (χ3n) is 4.53. The van der Waals surface area contributed by atoms with Gasteiger partial charge in [-0.3, -0.25) is 4.79 Å². The molecule has 3 aromatic rings. The van der Waals surface area contributed by atoms with E-state index in [4.69, 9.17) is 21.8 Å². The van der Waals surface area contributed by atoms with Gasteiger partial charge in [-0.15, -0.1) is 12.4 Å². The Kier molecular flexibility index (Phi) is 5.89. The monoisotopic (exact) mass is 406 g/mol. The molecule has 1 aliphatic rings. The van der Waals surface area contributed by atoms with E-state index in [-0.39, 0.29) is 24.4 Å². The van der Waals surface area contributed by atoms with Gasteiger partial charge >= 0.3 is 0 Å². The fraction of sp³-hybridized carbons (Fsp3) is 0.263. The number of nitrogens with one attached hydrogen (secondary N) is 1. The lowest BCUT2D eigenvalue weighted by Crippen LogP contribution is -2.41. The number of halogens is 2. The van der Waals surface area contributed by atoms with Crippen LogP contribution in [0.2, 0.25) is 5.02 Å². The van der Waals surface area contributed by atoms with Crippen molar-refractivity contribution < 1.29 is 9.21 Å². The largest absolute Gasteiger partial charge is 0.463 e. The molecular formula is C19H20Cl2N4O2. The van der Waals surface area contributed by atoms with Gasteiger partial charge in [0.1, 0.15) is 5.69 Å². The maximum Gasteiger partial charge on any atom is 0.272 e. The van der Waals surface area contributed by atoms with Crippen LogP contribution in [0.15, 0.2) is 53.1 Å². The van der Waals surface area contributed by atoms with Crippen molar-refractivity contribution >= 4 is 29.9 Å². The third-order valence-corrected chi connectivity index (χ3v) is 4.76. The average molecular weight is 407 g/mol. The van der Waals surface area contributed by atoms with Gasteiger partial charge in [-0.1, -0.05) is 17.7 Å². The summed E-state index contributed by atoms with van der Waals surface area (Å²) in [5, 5.41) is 8.08. The minimum Gasteiger partial charge on any atom is -0.463 e. The van der Waals surface area contributed by atoms with Gasteiger partial charge in [-0.2, -0.15) is 5.10 Å². The second kappa shape index (κ2) is 8.17. The zero-order valence-corrected chi connectivity index (χ0v) is 16.0. The molecule has 1 fully saturated rings. The number of rotatable bonds is 6. The number of furan rings is 1. The van der Waals surface area contributed by atoms with Crippen molar-refractivity contribution in [3.63, 3.8) is 0 Å². The Morgan fingerprint density at radius 2 is 2.15 bits per heavy atom. The van der Waals surface area contributed by atoms with Gasteiger partial charge in [-0.25, -0.2) is 4.68 Å². The van der Waals surface area contributed by atoms with Gasteiger partial charge in [0.2, 0.25) is 0 Å². The third kappa shape index (κ3) is 4.18. The molecule has 0 bridgehead atoms. The van der Waals surface area contributed by atoms with E-state index in [1.807, 2.05) is 18.2 Å². The molecule has 4 rings (SSSR count). The zero-order chi connectivity index (χ0) is 18.1. The first-order chi connectivity index (χ1) is 12.7. The number of carbonyl (C=O) groups is 1. The summed E-state index contributed by atoms with van der Waals surface area (Å²) in [6.07, 6.45) is 3.80. The highest BCUT2D eigenvalue weighted by Crippen LogP contribution is 2.32. The van der Waals surface area contributed by atoms with Gasteiger partial charge in [-0.05, 0) is 49.1 Å². The summed E-state index contributed by atoms with van der Waals surface area (Å²) in [5.41, 5.74) is 7.53. The molecule has 1 amide bonds. The molecule has 0 saturated heterocycles. The molecule has 27 heavy (non-hydrogen) atoms. The maximum absolute atomic E-state index is 12.7. The van der Waals surface area contributed by atoms with E-state index < -0.39 is 0 Å². The Morgan fingerprint density at radius 3 is 2.78 bits per heavy atom. The molecule has 1 atom stereocenters. The van der Waals surface area contributed by atoms with Crippen LogP contribution in [0.5, 0.6) is 0 Å². The Morgan fingerprint density at radius 1 is 1.33 bits per heavy atom. The van der Waals surface area contributed by atoms with Crippen LogP contribution in [0.25, 0.3) is 17.1 Å². The minimum atomic E-state index is -0.235. The minimum absolute atomic E-state index is 0. The molecule has 0 radical (unpaired) electrons. The first kappa shape index (κ1) is 19.5. The first-order valence-electron chi connectivity index (χ1n) is 8.56. The lowest BCUT2D eigenvalue weighted by molar-refractivity contribution is 0.0928. The Labute approximate surface area is 168 Å². The number of nitrogens with two attached hydrogens (primary N) is 1. The number of benzene rings is 1. The molecule has 1 aliphatic carbocycles. The molecular weight excluding hydrogens is 387 g/mol. The van der Waals surface area contributed by atoms with Gasteiger partial charge < -0.3 is 15.5 Å². The SMILES string of the molecule is Cl.NCC(NC(=O)c1cc(-c2ccco2)n(-c2cccc(Cl)c2)n1)C1CC1. The predicted molar refractivity (Wildman–Crippen MR) is 107 cm³/mol. The number of carbonyl (C=O) groups excluding carboxylic acids is 1. The van der Waals surface area contributed by atoms with Crippen molar-refractivity contribution in [3.05, 3.63) is 59.4 Å². The fourth-order valence-electron chi connectivity index (χ4n) is 3.01. The van der Waals surface area contributed by atoms with Crippen LogP contribution in [0.3, 0.4) is 0 Å². The van der Waals surface area contributed by atoms with Gasteiger partial charge in [0.25, 0.3) is 5.91 Å². The number of nitrogens with zero attached hydrogens (tertiary/aromatic N) is 2. The standard InChI is InChI=1S/C19H19ClN4O2.ClH/c20-13-3-1-4-14(9-13)24-17(18-5-2-8-26-18)10-15(23-24)19(25)22-16(11-21)12-6-7-12;/h1-5,8-10,12,16H,6-7,11,21H2,(H,22,25);1H. The summed E-state index contributed by atoms with van der Waals surface area (Å²) in [6.45, 7) is 0.427. The summed E-state index contributed by atoms with van der Waals surface area (Å²) in [5.74, 6) is 0.860. The lowest BCUT2D eigenvalue weighted by Gasteiger charge is -2.14. The zero-order valence-electron chi connectivity index (χ0n) is 14.5. The van der Waals surface area contributed by atoms with Crippen LogP contribution >= 0.6 is 24.0 Å². The number of amides is 1. The molecule has 1 saturated carbocycles. The number of hydrogen-bond acceptors (Lipinski definition) is 4. The molecule has 142 valence electrons. The van der Waals surface area contributed by atoms with E-state index in [0.29, 0.717) is 34.6 Å². The topological polar surface area (TPSA) is 86.1 Å². The van der Waals surface area contributed by atoms with E-state index in [1.165, 1.54) is 0 Å². The molecule has 2 aromatic heterocycles. The van der Waals surface area contributed by atoms with Crippen molar-refractivity contribution in [1.29, 1.82) is 0 Å². The number of hydrogen-bond donors (Lipinski definition) is 2. The molecule has 6 nitrogen and oxygen atoms in total. The molecule has 3 N–H and O–H groups in total. The summed E-state index contributed by atoms with van der Waals surface area (Å²) >= 11 is 6.11. The smallest absolute Gasteiger partial charge is 0.272 e. The molecule has 2 heterocycles. The highest BCUT2D eigenvalue weighted by molar-refractivity contribution is 6.30. The average Bonchev–Trinajstić information content (AvgIpc) is 3.16. The highest BCUT2D eigenvalue weighted by atomic mass is 35.5. The van der Waals surface area contributed by atoms with E-state index >= 15 is 0 Å². The summed E-state index contributed by atoms with van der Waals surface area (Å²) in [7, 11) is 0. The first-order valence-corrected chi connectivity index (χ1v) is 8.94. The maximum atomic E-state index is 12.7. The van der Waals surface area contributed by atoms with Crippen LogP contribution in [0.1, 0.15) is 23.3 Å². The normalized spacial score (nSPS) is 14.4. The fourth-order valence-corrected chi connectivity index (χ4v) is 3.19. The van der Waals surface area contributed by atoms with E-state index in [0.717, 1.165) is 18.5 Å². The van der Waals surface area contributed by atoms with Crippen LogP contribution in [-0.4, -0.2) is 28.3 Å². The van der Waals surface area contributed by atoms with E-state index in [2.05, 4.69) is 10.4 Å². The summed E-state index contributed by atoms with van der Waals surface area (Å²) < 4.78 is 7.17. The predicted octanol–water partition coefficient (Wildman–Crippen LogP) is 3.67. The Bertz CT molecular complexity index is 920. The van der Waals surface area contributed by atoms with Crippen LogP contribution in [0.4, 0.5) is 0 Å². The van der Waals surface area contributed by atoms with Crippen molar-refractivity contribution in [1.82, 2.24) is 15.1 Å². The second-order valence-electron chi connectivity index (χ2n) is 6.44. The second-order valence-corrected chi connectivity index (χ2v) is 6.87. The molecule has 1 aromatic carbocycles. The van der Waals surface area contributed by atoms with Crippen molar-refractivity contribution in [2.75, 3.05) is 6.54 Å². The van der Waals surface area contributed by atoms with Crippen molar-refractivity contribution in [3.8, 4) is 17.1 Å². The van der Waals surface area contributed by atoms with Gasteiger partial charge in [0, 0.05) is 23.7 Å². The van der Waals surface area contributed by atoms with E-state index in [9.17, 15) is 4.79 Å². The van der Waals surface area contributed by atoms with Gasteiger partial charge in [0.05, 0.1) is 12.0 Å². The summed E-state index contributed by atoms with van der Waals surface area (Å²) in [6, 6.07) is 12.6. The van der Waals surface area contributed by atoms with Crippen LogP contribution in [0, 0.1) is 5.92 Å². The number of aromatic nitrogens is 2. The molecule has 0 spiro atoms. The molecule has 1 unspecified atom stereocenters. The van der Waals surface area contributed by atoms with Crippen molar-refractivity contribution in [2.24, 2.45) is 11.7 Å². The highest BCUT2D eigenvalue weighted by Gasteiger charge is 2.32. The molecule has 0 aliphatic heterocycles. The Balaban J connectivity index is 0.00000210.